The van der Waals surface area contributed by atoms with E-state index < -0.39 is 28.5 Å². The van der Waals surface area contributed by atoms with E-state index in [1.807, 2.05) is 58.9 Å². The summed E-state index contributed by atoms with van der Waals surface area (Å²) in [5.74, 6) is -0.0973. The van der Waals surface area contributed by atoms with Crippen molar-refractivity contribution in [2.75, 3.05) is 24.2 Å². The van der Waals surface area contributed by atoms with Crippen LogP contribution in [0.1, 0.15) is 50.3 Å². The minimum Gasteiger partial charge on any atom is -0.497 e. The van der Waals surface area contributed by atoms with E-state index in [4.69, 9.17) is 4.74 Å². The molecule has 0 radical (unpaired) electrons. The number of amides is 2. The number of rotatable bonds is 12. The van der Waals surface area contributed by atoms with Crippen molar-refractivity contribution in [1.29, 1.82) is 0 Å². The van der Waals surface area contributed by atoms with E-state index in [2.05, 4.69) is 5.32 Å². The van der Waals surface area contributed by atoms with Gasteiger partial charge in [-0.15, -0.1) is 0 Å². The number of carbonyl (C=O) groups is 2. The van der Waals surface area contributed by atoms with Gasteiger partial charge in [-0.1, -0.05) is 43.7 Å². The van der Waals surface area contributed by atoms with Gasteiger partial charge < -0.3 is 15.0 Å². The third-order valence-electron chi connectivity index (χ3n) is 6.17. The van der Waals surface area contributed by atoms with Crippen molar-refractivity contribution in [2.24, 2.45) is 0 Å². The minimum atomic E-state index is -3.78. The van der Waals surface area contributed by atoms with Crippen molar-refractivity contribution in [2.45, 2.75) is 66.1 Å². The largest absolute Gasteiger partial charge is 0.497 e. The van der Waals surface area contributed by atoms with Gasteiger partial charge in [-0.3, -0.25) is 13.9 Å². The Morgan fingerprint density at radius 1 is 1.06 bits per heavy atom. The molecule has 9 heteroatoms. The monoisotopic (exact) mass is 517 g/mol. The van der Waals surface area contributed by atoms with Crippen LogP contribution in [-0.2, 0) is 26.2 Å². The van der Waals surface area contributed by atoms with Crippen LogP contribution in [0.3, 0.4) is 0 Å². The number of carbonyl (C=O) groups excluding carboxylic acids is 2. The van der Waals surface area contributed by atoms with E-state index in [0.29, 0.717) is 17.9 Å². The number of hydrogen-bond acceptors (Lipinski definition) is 5. The number of benzene rings is 2. The quantitative estimate of drug-likeness (QED) is 0.462. The molecule has 2 rings (SSSR count). The van der Waals surface area contributed by atoms with Crippen molar-refractivity contribution in [3.05, 3.63) is 59.2 Å². The van der Waals surface area contributed by atoms with Gasteiger partial charge in [-0.05, 0) is 62.9 Å². The van der Waals surface area contributed by atoms with Crippen molar-refractivity contribution in [1.82, 2.24) is 10.2 Å². The average molecular weight is 518 g/mol. The Kier molecular flexibility index (Phi) is 10.3. The van der Waals surface area contributed by atoms with Crippen LogP contribution in [0.25, 0.3) is 0 Å². The molecule has 2 amide bonds. The van der Waals surface area contributed by atoms with Gasteiger partial charge in [0.25, 0.3) is 0 Å². The minimum absolute atomic E-state index is 0.0527. The fraction of sp³-hybridized carbons (Fsp3) is 0.481. The van der Waals surface area contributed by atoms with Gasteiger partial charge in [0.1, 0.15) is 18.3 Å². The van der Waals surface area contributed by atoms with Gasteiger partial charge in [0, 0.05) is 12.6 Å². The van der Waals surface area contributed by atoms with Crippen LogP contribution in [0.4, 0.5) is 5.69 Å². The molecular weight excluding hydrogens is 478 g/mol. The van der Waals surface area contributed by atoms with Gasteiger partial charge >= 0.3 is 0 Å². The molecule has 1 N–H and O–H groups in total. The third kappa shape index (κ3) is 7.71. The zero-order valence-corrected chi connectivity index (χ0v) is 23.2. The first-order valence-electron chi connectivity index (χ1n) is 12.2. The summed E-state index contributed by atoms with van der Waals surface area (Å²) >= 11 is 0. The molecule has 0 saturated carbocycles. The van der Waals surface area contributed by atoms with Gasteiger partial charge in [0.05, 0.1) is 19.1 Å². The molecule has 0 bridgehead atoms. The lowest BCUT2D eigenvalue weighted by Crippen LogP contribution is -2.53. The molecule has 0 fully saturated rings. The number of aryl methyl sites for hydroxylation is 2. The maximum Gasteiger partial charge on any atom is 0.244 e. The normalized spacial score (nSPS) is 13.0. The molecule has 36 heavy (non-hydrogen) atoms. The molecule has 2 atom stereocenters. The van der Waals surface area contributed by atoms with E-state index in [1.54, 1.807) is 25.3 Å². The Morgan fingerprint density at radius 3 is 2.31 bits per heavy atom. The first-order valence-corrected chi connectivity index (χ1v) is 14.0. The number of nitrogens with one attached hydrogen (secondary N) is 1. The van der Waals surface area contributed by atoms with Crippen LogP contribution < -0.4 is 14.4 Å². The summed E-state index contributed by atoms with van der Waals surface area (Å²) in [5.41, 5.74) is 2.95. The van der Waals surface area contributed by atoms with E-state index in [-0.39, 0.29) is 18.5 Å². The molecule has 0 aliphatic heterocycles. The highest BCUT2D eigenvalue weighted by molar-refractivity contribution is 7.92. The fourth-order valence-corrected chi connectivity index (χ4v) is 4.92. The van der Waals surface area contributed by atoms with Crippen LogP contribution in [-0.4, -0.2) is 57.1 Å². The summed E-state index contributed by atoms with van der Waals surface area (Å²) in [6.45, 7) is 9.17. The molecule has 2 aromatic carbocycles. The smallest absolute Gasteiger partial charge is 0.244 e. The maximum atomic E-state index is 13.8. The van der Waals surface area contributed by atoms with E-state index in [0.717, 1.165) is 33.7 Å². The topological polar surface area (TPSA) is 96.0 Å². The molecule has 0 saturated heterocycles. The summed E-state index contributed by atoms with van der Waals surface area (Å²) in [5, 5.41) is 2.97. The van der Waals surface area contributed by atoms with E-state index in [9.17, 15) is 18.0 Å². The Balaban J connectivity index is 2.49. The van der Waals surface area contributed by atoms with Crippen LogP contribution in [0.15, 0.2) is 42.5 Å². The lowest BCUT2D eigenvalue weighted by molar-refractivity contribution is -0.140. The average Bonchev–Trinajstić information content (AvgIpc) is 2.82. The van der Waals surface area contributed by atoms with Gasteiger partial charge in [-0.2, -0.15) is 0 Å². The molecule has 0 aromatic heterocycles. The Hall–Kier alpha value is -3.07. The van der Waals surface area contributed by atoms with E-state index in [1.165, 1.54) is 4.90 Å². The van der Waals surface area contributed by atoms with Gasteiger partial charge in [0.2, 0.25) is 21.8 Å². The molecule has 198 valence electrons. The zero-order chi connectivity index (χ0) is 27.0. The summed E-state index contributed by atoms with van der Waals surface area (Å²) in [7, 11) is -2.22. The highest BCUT2D eigenvalue weighted by Gasteiger charge is 2.32. The molecule has 0 unspecified atom stereocenters. The van der Waals surface area contributed by atoms with Crippen LogP contribution in [0, 0.1) is 13.8 Å². The standard InChI is InChI=1S/C27H39N3O5S/c1-8-21(5)28-27(32)24(9-2)29(17-22-11-10-12-23(16-22)35-6)26(31)18-30(36(7,33)34)25-14-13-19(3)15-20(25)4/h10-16,21,24H,8-9,17-18H2,1-7H3,(H,28,32)/t21-,24-/m1/s1. The lowest BCUT2D eigenvalue weighted by Gasteiger charge is -2.33. The van der Waals surface area contributed by atoms with Crippen molar-refractivity contribution in [3.63, 3.8) is 0 Å². The second-order valence-electron chi connectivity index (χ2n) is 9.17. The summed E-state index contributed by atoms with van der Waals surface area (Å²) in [4.78, 5) is 28.4. The second-order valence-corrected chi connectivity index (χ2v) is 11.1. The third-order valence-corrected chi connectivity index (χ3v) is 7.30. The fourth-order valence-electron chi connectivity index (χ4n) is 4.01. The SMILES string of the molecule is CC[C@@H](C)NC(=O)[C@@H](CC)N(Cc1cccc(OC)c1)C(=O)CN(c1ccc(C)cc1C)S(C)(=O)=O. The summed E-state index contributed by atoms with van der Waals surface area (Å²) in [6, 6.07) is 11.8. The predicted molar refractivity (Wildman–Crippen MR) is 144 cm³/mol. The first-order chi connectivity index (χ1) is 16.9. The summed E-state index contributed by atoms with van der Waals surface area (Å²) < 4.78 is 32.0. The van der Waals surface area contributed by atoms with Crippen molar-refractivity contribution < 1.29 is 22.7 Å². The summed E-state index contributed by atoms with van der Waals surface area (Å²) in [6.07, 6.45) is 2.21. The molecule has 2 aromatic rings. The Morgan fingerprint density at radius 2 is 1.75 bits per heavy atom. The highest BCUT2D eigenvalue weighted by Crippen LogP contribution is 2.25. The molecule has 0 aliphatic carbocycles. The molecule has 0 spiro atoms. The highest BCUT2D eigenvalue weighted by atomic mass is 32.2. The Labute approximate surface area is 215 Å². The molecular formula is C27H39N3O5S. The zero-order valence-electron chi connectivity index (χ0n) is 22.4. The van der Waals surface area contributed by atoms with Crippen LogP contribution >= 0.6 is 0 Å². The lowest BCUT2D eigenvalue weighted by atomic mass is 10.1. The maximum absolute atomic E-state index is 13.8. The van der Waals surface area contributed by atoms with Crippen LogP contribution in [0.2, 0.25) is 0 Å². The number of methoxy groups -OCH3 is 1. The number of sulfonamides is 1. The Bertz CT molecular complexity index is 1170. The van der Waals surface area contributed by atoms with E-state index >= 15 is 0 Å². The van der Waals surface area contributed by atoms with Gasteiger partial charge in [0.15, 0.2) is 0 Å². The molecule has 8 nitrogen and oxygen atoms in total. The number of ether oxygens (including phenoxy) is 1. The molecule has 0 heterocycles. The molecule has 0 aliphatic rings. The second kappa shape index (κ2) is 12.8. The number of hydrogen-bond donors (Lipinski definition) is 1. The number of anilines is 1. The first kappa shape index (κ1) is 29.2. The predicted octanol–water partition coefficient (Wildman–Crippen LogP) is 3.80. The van der Waals surface area contributed by atoms with Crippen molar-refractivity contribution in [3.8, 4) is 5.75 Å². The van der Waals surface area contributed by atoms with Gasteiger partial charge in [-0.25, -0.2) is 8.42 Å². The van der Waals surface area contributed by atoms with Crippen molar-refractivity contribution >= 4 is 27.5 Å². The number of nitrogens with zero attached hydrogens (tertiary/aromatic N) is 2. The van der Waals surface area contributed by atoms with Crippen LogP contribution in [0.5, 0.6) is 5.75 Å².